The highest BCUT2D eigenvalue weighted by Gasteiger charge is 2.38. The Bertz CT molecular complexity index is 518. The lowest BCUT2D eigenvalue weighted by molar-refractivity contribution is -0.138. The Hall–Kier alpha value is -1.39. The Morgan fingerprint density at radius 1 is 1.45 bits per heavy atom. The van der Waals surface area contributed by atoms with Crippen LogP contribution in [-0.4, -0.2) is 29.3 Å². The van der Waals surface area contributed by atoms with Gasteiger partial charge in [0.05, 0.1) is 12.5 Å². The number of hydrogen-bond donors (Lipinski definition) is 1. The normalized spacial score (nSPS) is 20.6. The summed E-state index contributed by atoms with van der Waals surface area (Å²) in [7, 11) is 0. The molecule has 108 valence electrons. The molecule has 2 rings (SSSR count). The van der Waals surface area contributed by atoms with Crippen LogP contribution in [0.3, 0.4) is 0 Å². The van der Waals surface area contributed by atoms with Crippen molar-refractivity contribution in [3.8, 4) is 0 Å². The van der Waals surface area contributed by atoms with Gasteiger partial charge in [-0.2, -0.15) is 0 Å². The van der Waals surface area contributed by atoms with E-state index < -0.39 is 6.04 Å². The molecule has 1 aliphatic rings. The van der Waals surface area contributed by atoms with Crippen molar-refractivity contribution in [2.75, 3.05) is 6.54 Å². The minimum absolute atomic E-state index is 0.0305. The second-order valence-electron chi connectivity index (χ2n) is 5.08. The third-order valence-corrected chi connectivity index (χ3v) is 3.73. The van der Waals surface area contributed by atoms with Crippen LogP contribution in [0.15, 0.2) is 24.3 Å². The van der Waals surface area contributed by atoms with E-state index in [-0.39, 0.29) is 24.3 Å². The van der Waals surface area contributed by atoms with Crippen molar-refractivity contribution in [1.82, 2.24) is 10.2 Å². The lowest BCUT2D eigenvalue weighted by Crippen LogP contribution is -2.40. The Morgan fingerprint density at radius 2 is 2.20 bits per heavy atom. The van der Waals surface area contributed by atoms with E-state index in [1.807, 2.05) is 38.1 Å². The van der Waals surface area contributed by atoms with Gasteiger partial charge in [-0.1, -0.05) is 30.7 Å². The average Bonchev–Trinajstić information content (AvgIpc) is 2.67. The topological polar surface area (TPSA) is 49.4 Å². The molecule has 20 heavy (non-hydrogen) atoms. The quantitative estimate of drug-likeness (QED) is 0.849. The highest BCUT2D eigenvalue weighted by atomic mass is 35.5. The SMILES string of the molecule is CCCN1C(=O)CC(NC(C)c2cccc(Cl)c2)C1=O. The van der Waals surface area contributed by atoms with Crippen LogP contribution in [0.4, 0.5) is 0 Å². The van der Waals surface area contributed by atoms with Crippen molar-refractivity contribution in [2.45, 2.75) is 38.8 Å². The number of carbonyl (C=O) groups excluding carboxylic acids is 2. The van der Waals surface area contributed by atoms with E-state index in [0.717, 1.165) is 12.0 Å². The van der Waals surface area contributed by atoms with Gasteiger partial charge in [-0.05, 0) is 31.0 Å². The van der Waals surface area contributed by atoms with Crippen LogP contribution in [0, 0.1) is 0 Å². The van der Waals surface area contributed by atoms with Gasteiger partial charge in [0.2, 0.25) is 11.8 Å². The van der Waals surface area contributed by atoms with Crippen molar-refractivity contribution >= 4 is 23.4 Å². The van der Waals surface area contributed by atoms with E-state index in [2.05, 4.69) is 5.32 Å². The number of nitrogens with one attached hydrogen (secondary N) is 1. The second kappa shape index (κ2) is 6.37. The highest BCUT2D eigenvalue weighted by molar-refractivity contribution is 6.30. The minimum Gasteiger partial charge on any atom is -0.299 e. The summed E-state index contributed by atoms with van der Waals surface area (Å²) in [5.74, 6) is -0.210. The van der Waals surface area contributed by atoms with Crippen molar-refractivity contribution in [2.24, 2.45) is 0 Å². The molecule has 1 fully saturated rings. The average molecular weight is 295 g/mol. The van der Waals surface area contributed by atoms with E-state index in [1.54, 1.807) is 0 Å². The lowest BCUT2D eigenvalue weighted by atomic mass is 10.1. The number of imide groups is 1. The van der Waals surface area contributed by atoms with Crippen molar-refractivity contribution in [3.05, 3.63) is 34.9 Å². The number of carbonyl (C=O) groups is 2. The zero-order chi connectivity index (χ0) is 14.7. The second-order valence-corrected chi connectivity index (χ2v) is 5.52. The fourth-order valence-electron chi connectivity index (χ4n) is 2.45. The summed E-state index contributed by atoms with van der Waals surface area (Å²) < 4.78 is 0. The predicted molar refractivity (Wildman–Crippen MR) is 78.4 cm³/mol. The molecular weight excluding hydrogens is 276 g/mol. The predicted octanol–water partition coefficient (Wildman–Crippen LogP) is 2.53. The first kappa shape index (κ1) is 15.0. The number of halogens is 1. The Kier molecular flexibility index (Phi) is 4.78. The molecule has 1 aromatic rings. The number of benzene rings is 1. The Balaban J connectivity index is 2.03. The monoisotopic (exact) mass is 294 g/mol. The molecule has 2 atom stereocenters. The van der Waals surface area contributed by atoms with Gasteiger partial charge >= 0.3 is 0 Å². The van der Waals surface area contributed by atoms with Crippen LogP contribution in [0.5, 0.6) is 0 Å². The van der Waals surface area contributed by atoms with Crippen molar-refractivity contribution in [1.29, 1.82) is 0 Å². The number of hydrogen-bond acceptors (Lipinski definition) is 3. The van der Waals surface area contributed by atoms with Crippen LogP contribution in [0.25, 0.3) is 0 Å². The molecule has 1 aromatic carbocycles. The number of rotatable bonds is 5. The van der Waals surface area contributed by atoms with Gasteiger partial charge in [0.15, 0.2) is 0 Å². The molecule has 0 spiro atoms. The first-order valence-corrected chi connectivity index (χ1v) is 7.26. The van der Waals surface area contributed by atoms with Crippen LogP contribution in [0.1, 0.15) is 38.3 Å². The smallest absolute Gasteiger partial charge is 0.246 e. The minimum atomic E-state index is -0.428. The maximum atomic E-state index is 12.2. The maximum absolute atomic E-state index is 12.2. The van der Waals surface area contributed by atoms with E-state index in [0.29, 0.717) is 11.6 Å². The number of likely N-dealkylation sites (tertiary alicyclic amines) is 1. The molecule has 1 heterocycles. The largest absolute Gasteiger partial charge is 0.299 e. The van der Waals surface area contributed by atoms with Gasteiger partial charge in [0.1, 0.15) is 0 Å². The van der Waals surface area contributed by atoms with Crippen LogP contribution < -0.4 is 5.32 Å². The van der Waals surface area contributed by atoms with E-state index in [9.17, 15) is 9.59 Å². The molecule has 5 heteroatoms. The Labute approximate surface area is 124 Å². The molecule has 0 radical (unpaired) electrons. The summed E-state index contributed by atoms with van der Waals surface area (Å²) in [5, 5.41) is 3.88. The summed E-state index contributed by atoms with van der Waals surface area (Å²) in [5.41, 5.74) is 1.01. The molecule has 1 aliphatic heterocycles. The van der Waals surface area contributed by atoms with Gasteiger partial charge < -0.3 is 0 Å². The zero-order valence-electron chi connectivity index (χ0n) is 11.7. The number of amides is 2. The zero-order valence-corrected chi connectivity index (χ0v) is 12.5. The van der Waals surface area contributed by atoms with Gasteiger partial charge in [0.25, 0.3) is 0 Å². The van der Waals surface area contributed by atoms with Gasteiger partial charge in [-0.25, -0.2) is 0 Å². The molecule has 0 saturated carbocycles. The van der Waals surface area contributed by atoms with Crippen molar-refractivity contribution < 1.29 is 9.59 Å². The first-order valence-electron chi connectivity index (χ1n) is 6.88. The number of nitrogens with zero attached hydrogens (tertiary/aromatic N) is 1. The van der Waals surface area contributed by atoms with Crippen LogP contribution >= 0.6 is 11.6 Å². The summed E-state index contributed by atoms with van der Waals surface area (Å²) in [4.78, 5) is 25.3. The molecule has 2 unspecified atom stereocenters. The van der Waals surface area contributed by atoms with Crippen LogP contribution in [-0.2, 0) is 9.59 Å². The summed E-state index contributed by atoms with van der Waals surface area (Å²) >= 11 is 5.96. The fourth-order valence-corrected chi connectivity index (χ4v) is 2.64. The van der Waals surface area contributed by atoms with Gasteiger partial charge in [-0.3, -0.25) is 19.8 Å². The molecule has 0 aliphatic carbocycles. The van der Waals surface area contributed by atoms with Gasteiger partial charge in [0, 0.05) is 17.6 Å². The molecular formula is C15H19ClN2O2. The summed E-state index contributed by atoms with van der Waals surface area (Å²) in [6.07, 6.45) is 1.03. The molecule has 4 nitrogen and oxygen atoms in total. The fraction of sp³-hybridized carbons (Fsp3) is 0.467. The highest BCUT2D eigenvalue weighted by Crippen LogP contribution is 2.21. The standard InChI is InChI=1S/C15H19ClN2O2/c1-3-7-18-14(19)9-13(15(18)20)17-10(2)11-5-4-6-12(16)8-11/h4-6,8,10,13,17H,3,7,9H2,1-2H3. The summed E-state index contributed by atoms with van der Waals surface area (Å²) in [6.45, 7) is 4.42. The summed E-state index contributed by atoms with van der Waals surface area (Å²) in [6, 6.07) is 7.05. The lowest BCUT2D eigenvalue weighted by Gasteiger charge is -2.19. The van der Waals surface area contributed by atoms with Crippen molar-refractivity contribution in [3.63, 3.8) is 0 Å². The van der Waals surface area contributed by atoms with Gasteiger partial charge in [-0.15, -0.1) is 0 Å². The molecule has 0 aromatic heterocycles. The van der Waals surface area contributed by atoms with E-state index in [1.165, 1.54) is 4.90 Å². The molecule has 0 bridgehead atoms. The maximum Gasteiger partial charge on any atom is 0.246 e. The van der Waals surface area contributed by atoms with Crippen LogP contribution in [0.2, 0.25) is 5.02 Å². The van der Waals surface area contributed by atoms with E-state index in [4.69, 9.17) is 11.6 Å². The molecule has 1 saturated heterocycles. The van der Waals surface area contributed by atoms with E-state index >= 15 is 0 Å². The first-order chi connectivity index (χ1) is 9.52. The third-order valence-electron chi connectivity index (χ3n) is 3.49. The molecule has 1 N–H and O–H groups in total. The molecule has 2 amide bonds. The Morgan fingerprint density at radius 3 is 2.85 bits per heavy atom. The third kappa shape index (κ3) is 3.19.